The third kappa shape index (κ3) is 5.18. The van der Waals surface area contributed by atoms with E-state index in [2.05, 4.69) is 38.2 Å². The third-order valence-corrected chi connectivity index (χ3v) is 5.86. The van der Waals surface area contributed by atoms with Gasteiger partial charge in [0.15, 0.2) is 0 Å². The number of nitrogens with one attached hydrogen (secondary N) is 1. The first kappa shape index (κ1) is 21.4. The lowest BCUT2D eigenvalue weighted by Gasteiger charge is -2.20. The van der Waals surface area contributed by atoms with Crippen molar-refractivity contribution < 1.29 is 9.59 Å². The van der Waals surface area contributed by atoms with Gasteiger partial charge in [-0.1, -0.05) is 55.8 Å². The Labute approximate surface area is 178 Å². The first-order valence-electron chi connectivity index (χ1n) is 10.2. The normalized spacial score (nSPS) is 18.9. The summed E-state index contributed by atoms with van der Waals surface area (Å²) in [6.45, 7) is 7.95. The Bertz CT molecular complexity index is 881. The molecule has 5 heteroatoms. The van der Waals surface area contributed by atoms with Crippen molar-refractivity contribution >= 4 is 23.4 Å². The molecule has 0 saturated carbocycles. The van der Waals surface area contributed by atoms with Gasteiger partial charge in [-0.3, -0.25) is 9.59 Å². The van der Waals surface area contributed by atoms with Gasteiger partial charge in [0.1, 0.15) is 0 Å². The van der Waals surface area contributed by atoms with Crippen molar-refractivity contribution in [2.45, 2.75) is 33.1 Å². The van der Waals surface area contributed by atoms with Gasteiger partial charge in [0.25, 0.3) is 5.91 Å². The molecule has 0 radical (unpaired) electrons. The molecule has 0 unspecified atom stereocenters. The first-order chi connectivity index (χ1) is 13.9. The van der Waals surface area contributed by atoms with E-state index in [1.54, 1.807) is 29.2 Å². The van der Waals surface area contributed by atoms with E-state index < -0.39 is 0 Å². The smallest absolute Gasteiger partial charge is 0.253 e. The van der Waals surface area contributed by atoms with E-state index in [1.165, 1.54) is 0 Å². The van der Waals surface area contributed by atoms with Gasteiger partial charge < -0.3 is 10.2 Å². The number of hydrogen-bond acceptors (Lipinski definition) is 2. The van der Waals surface area contributed by atoms with Crippen LogP contribution in [0.15, 0.2) is 48.5 Å². The van der Waals surface area contributed by atoms with Gasteiger partial charge in [0.05, 0.1) is 5.92 Å². The quantitative estimate of drug-likeness (QED) is 0.749. The summed E-state index contributed by atoms with van der Waals surface area (Å²) in [5.41, 5.74) is 2.84. The maximum Gasteiger partial charge on any atom is 0.253 e. The van der Waals surface area contributed by atoms with Gasteiger partial charge in [0, 0.05) is 36.1 Å². The van der Waals surface area contributed by atoms with Crippen molar-refractivity contribution in [3.8, 4) is 0 Å². The number of carbonyl (C=O) groups excluding carboxylic acids is 2. The highest BCUT2D eigenvalue weighted by Crippen LogP contribution is 2.35. The molecule has 1 fully saturated rings. The molecule has 154 valence electrons. The van der Waals surface area contributed by atoms with Crippen molar-refractivity contribution in [1.82, 2.24) is 10.2 Å². The second-order valence-electron chi connectivity index (χ2n) is 8.26. The zero-order valence-electron chi connectivity index (χ0n) is 17.3. The van der Waals surface area contributed by atoms with Gasteiger partial charge in [0.2, 0.25) is 5.91 Å². The molecule has 2 aromatic carbocycles. The van der Waals surface area contributed by atoms with Gasteiger partial charge >= 0.3 is 0 Å². The first-order valence-corrected chi connectivity index (χ1v) is 10.6. The van der Waals surface area contributed by atoms with E-state index in [4.69, 9.17) is 11.6 Å². The molecule has 1 saturated heterocycles. The Kier molecular flexibility index (Phi) is 6.96. The molecule has 2 amide bonds. The summed E-state index contributed by atoms with van der Waals surface area (Å²) in [4.78, 5) is 27.9. The lowest BCUT2D eigenvalue weighted by atomic mass is 9.86. The molecule has 29 heavy (non-hydrogen) atoms. The molecule has 1 aliphatic rings. The highest BCUT2D eigenvalue weighted by atomic mass is 35.5. The number of amides is 2. The molecule has 2 atom stereocenters. The Hall–Kier alpha value is -2.33. The Morgan fingerprint density at radius 2 is 1.90 bits per heavy atom. The van der Waals surface area contributed by atoms with Gasteiger partial charge in [-0.05, 0) is 48.6 Å². The van der Waals surface area contributed by atoms with E-state index >= 15 is 0 Å². The van der Waals surface area contributed by atoms with Crippen LogP contribution >= 0.6 is 11.6 Å². The second kappa shape index (κ2) is 9.45. The van der Waals surface area contributed by atoms with Crippen LogP contribution in [0.2, 0.25) is 5.02 Å². The van der Waals surface area contributed by atoms with E-state index in [9.17, 15) is 9.59 Å². The third-order valence-electron chi connectivity index (χ3n) is 5.62. The fourth-order valence-corrected chi connectivity index (χ4v) is 4.16. The van der Waals surface area contributed by atoms with Crippen LogP contribution in [-0.2, 0) is 4.79 Å². The molecule has 2 aromatic rings. The van der Waals surface area contributed by atoms with Gasteiger partial charge in [-0.2, -0.15) is 0 Å². The number of halogens is 1. The fraction of sp³-hybridized carbons (Fsp3) is 0.417. The summed E-state index contributed by atoms with van der Waals surface area (Å²) in [7, 11) is 0. The number of aryl methyl sites for hydroxylation is 1. The van der Waals surface area contributed by atoms with Crippen molar-refractivity contribution in [3.63, 3.8) is 0 Å². The van der Waals surface area contributed by atoms with Crippen molar-refractivity contribution in [2.75, 3.05) is 19.6 Å². The number of benzene rings is 2. The van der Waals surface area contributed by atoms with Crippen LogP contribution in [0.5, 0.6) is 0 Å². The highest BCUT2D eigenvalue weighted by molar-refractivity contribution is 6.30. The van der Waals surface area contributed by atoms with Crippen LogP contribution in [0.3, 0.4) is 0 Å². The molecule has 1 N–H and O–H groups in total. The van der Waals surface area contributed by atoms with Crippen molar-refractivity contribution in [1.29, 1.82) is 0 Å². The maximum absolute atomic E-state index is 13.1. The van der Waals surface area contributed by atoms with E-state index in [1.807, 2.05) is 12.1 Å². The maximum atomic E-state index is 13.1. The highest BCUT2D eigenvalue weighted by Gasteiger charge is 2.41. The van der Waals surface area contributed by atoms with Gasteiger partial charge in [-0.15, -0.1) is 0 Å². The van der Waals surface area contributed by atoms with E-state index in [0.29, 0.717) is 36.1 Å². The zero-order valence-corrected chi connectivity index (χ0v) is 18.1. The van der Waals surface area contributed by atoms with Crippen LogP contribution in [0.4, 0.5) is 0 Å². The minimum absolute atomic E-state index is 0.0154. The number of carbonyl (C=O) groups is 2. The van der Waals surface area contributed by atoms with Crippen LogP contribution in [0.25, 0.3) is 0 Å². The minimum atomic E-state index is -0.258. The SMILES string of the molecule is Cc1ccccc1[C@H]1CN(C(=O)c2cccc(Cl)c2)C[C@H]1C(=O)NCCC(C)C. The summed E-state index contributed by atoms with van der Waals surface area (Å²) < 4.78 is 0. The average Bonchev–Trinajstić information content (AvgIpc) is 3.12. The molecule has 4 nitrogen and oxygen atoms in total. The lowest BCUT2D eigenvalue weighted by Crippen LogP contribution is -2.36. The number of likely N-dealkylation sites (tertiary alicyclic amines) is 1. The fourth-order valence-electron chi connectivity index (χ4n) is 3.97. The zero-order chi connectivity index (χ0) is 21.0. The Balaban J connectivity index is 1.83. The number of rotatable bonds is 6. The Morgan fingerprint density at radius 1 is 1.14 bits per heavy atom. The van der Waals surface area contributed by atoms with Crippen LogP contribution < -0.4 is 5.32 Å². The lowest BCUT2D eigenvalue weighted by molar-refractivity contribution is -0.124. The number of hydrogen-bond donors (Lipinski definition) is 1. The monoisotopic (exact) mass is 412 g/mol. The minimum Gasteiger partial charge on any atom is -0.356 e. The summed E-state index contributed by atoms with van der Waals surface area (Å²) in [5, 5.41) is 3.62. The largest absolute Gasteiger partial charge is 0.356 e. The molecule has 1 heterocycles. The second-order valence-corrected chi connectivity index (χ2v) is 8.70. The number of nitrogens with zero attached hydrogens (tertiary/aromatic N) is 1. The van der Waals surface area contributed by atoms with Crippen molar-refractivity contribution in [3.05, 3.63) is 70.2 Å². The molecule has 0 bridgehead atoms. The summed E-state index contributed by atoms with van der Waals surface area (Å²) in [5.74, 6) is 0.209. The van der Waals surface area contributed by atoms with Crippen LogP contribution in [0, 0.1) is 18.8 Å². The molecule has 1 aliphatic heterocycles. The predicted octanol–water partition coefficient (Wildman–Crippen LogP) is 4.67. The topological polar surface area (TPSA) is 49.4 Å². The molecular weight excluding hydrogens is 384 g/mol. The predicted molar refractivity (Wildman–Crippen MR) is 117 cm³/mol. The molecule has 0 aliphatic carbocycles. The molecule has 0 aromatic heterocycles. The van der Waals surface area contributed by atoms with Crippen LogP contribution in [0.1, 0.15) is 47.7 Å². The molecule has 0 spiro atoms. The standard InChI is InChI=1S/C24H29ClN2O2/c1-16(2)11-12-26-23(28)22-15-27(24(29)18-8-6-9-19(25)13-18)14-21(22)20-10-5-4-7-17(20)3/h4-10,13,16,21-22H,11-12,14-15H2,1-3H3,(H,26,28)/t21-,22-/m1/s1. The molecule has 3 rings (SSSR count). The average molecular weight is 413 g/mol. The van der Waals surface area contributed by atoms with E-state index in [-0.39, 0.29) is 23.7 Å². The van der Waals surface area contributed by atoms with Crippen molar-refractivity contribution in [2.24, 2.45) is 11.8 Å². The Morgan fingerprint density at radius 3 is 2.59 bits per heavy atom. The summed E-state index contributed by atoms with van der Waals surface area (Å²) in [6.07, 6.45) is 0.943. The van der Waals surface area contributed by atoms with Crippen LogP contribution in [-0.4, -0.2) is 36.3 Å². The van der Waals surface area contributed by atoms with Gasteiger partial charge in [-0.25, -0.2) is 0 Å². The summed E-state index contributed by atoms with van der Waals surface area (Å²) >= 11 is 6.07. The summed E-state index contributed by atoms with van der Waals surface area (Å²) in [6, 6.07) is 15.1. The molecular formula is C24H29ClN2O2. The van der Waals surface area contributed by atoms with E-state index in [0.717, 1.165) is 17.5 Å².